The summed E-state index contributed by atoms with van der Waals surface area (Å²) in [6.07, 6.45) is 3.85. The van der Waals surface area contributed by atoms with Gasteiger partial charge in [-0.2, -0.15) is 5.10 Å². The summed E-state index contributed by atoms with van der Waals surface area (Å²) in [5, 5.41) is 13.0. The van der Waals surface area contributed by atoms with Gasteiger partial charge in [-0.25, -0.2) is 0 Å². The Labute approximate surface area is 73.0 Å². The molecule has 1 rings (SSSR count). The Morgan fingerprint density at radius 3 is 2.58 bits per heavy atom. The molecule has 1 N–H and O–H groups in total. The second kappa shape index (κ2) is 3.72. The van der Waals surface area contributed by atoms with Crippen molar-refractivity contribution in [2.75, 3.05) is 6.61 Å². The summed E-state index contributed by atoms with van der Waals surface area (Å²) in [6.45, 7) is 6.34. The van der Waals surface area contributed by atoms with Crippen LogP contribution in [0.4, 0.5) is 0 Å². The molecular weight excluding hydrogens is 152 g/mol. The third-order valence-corrected chi connectivity index (χ3v) is 2.00. The van der Waals surface area contributed by atoms with Crippen molar-refractivity contribution >= 4 is 0 Å². The maximum absolute atomic E-state index is 8.88. The lowest BCUT2D eigenvalue weighted by Gasteiger charge is -2.07. The number of nitrogens with zero attached hydrogens (tertiary/aromatic N) is 2. The summed E-state index contributed by atoms with van der Waals surface area (Å²) in [6, 6.07) is 0.0810. The van der Waals surface area contributed by atoms with Gasteiger partial charge >= 0.3 is 0 Å². The Hall–Kier alpha value is -0.830. The number of hydrogen-bond acceptors (Lipinski definition) is 2. The maximum atomic E-state index is 8.88. The topological polar surface area (TPSA) is 38.0 Å². The highest BCUT2D eigenvalue weighted by Gasteiger charge is 2.06. The number of aliphatic hydroxyl groups excluding tert-OH is 1. The molecule has 3 heteroatoms. The molecule has 0 saturated heterocycles. The van der Waals surface area contributed by atoms with E-state index in [9.17, 15) is 0 Å². The van der Waals surface area contributed by atoms with Gasteiger partial charge in [-0.3, -0.25) is 4.68 Å². The fourth-order valence-electron chi connectivity index (χ4n) is 0.976. The van der Waals surface area contributed by atoms with E-state index in [-0.39, 0.29) is 12.6 Å². The molecule has 0 aromatic carbocycles. The molecule has 1 heterocycles. The highest BCUT2D eigenvalue weighted by atomic mass is 16.3. The van der Waals surface area contributed by atoms with E-state index in [1.54, 1.807) is 4.68 Å². The van der Waals surface area contributed by atoms with Crippen molar-refractivity contribution in [1.82, 2.24) is 9.78 Å². The first-order valence-corrected chi connectivity index (χ1v) is 4.30. The fourth-order valence-corrected chi connectivity index (χ4v) is 0.976. The van der Waals surface area contributed by atoms with Crippen LogP contribution in [-0.2, 0) is 0 Å². The molecule has 1 unspecified atom stereocenters. The van der Waals surface area contributed by atoms with Crippen LogP contribution < -0.4 is 0 Å². The van der Waals surface area contributed by atoms with Crippen LogP contribution in [0.2, 0.25) is 0 Å². The Morgan fingerprint density at radius 2 is 2.17 bits per heavy atom. The predicted octanol–water partition coefficient (Wildman–Crippen LogP) is 1.56. The van der Waals surface area contributed by atoms with Gasteiger partial charge in [0, 0.05) is 6.20 Å². The number of aliphatic hydroxyl groups is 1. The average molecular weight is 168 g/mol. The van der Waals surface area contributed by atoms with Crippen molar-refractivity contribution in [3.8, 4) is 0 Å². The van der Waals surface area contributed by atoms with Crippen LogP contribution in [0.1, 0.15) is 38.3 Å². The van der Waals surface area contributed by atoms with Crippen LogP contribution in [0.3, 0.4) is 0 Å². The molecule has 1 aromatic rings. The van der Waals surface area contributed by atoms with Crippen molar-refractivity contribution in [1.29, 1.82) is 0 Å². The molecule has 0 spiro atoms. The fraction of sp³-hybridized carbons (Fsp3) is 0.667. The predicted molar refractivity (Wildman–Crippen MR) is 48.1 cm³/mol. The van der Waals surface area contributed by atoms with Gasteiger partial charge in [0.15, 0.2) is 0 Å². The number of rotatable bonds is 3. The van der Waals surface area contributed by atoms with Crippen molar-refractivity contribution in [2.24, 2.45) is 0 Å². The second-order valence-corrected chi connectivity index (χ2v) is 3.44. The minimum Gasteiger partial charge on any atom is -0.394 e. The lowest BCUT2D eigenvalue weighted by Crippen LogP contribution is -2.09. The first kappa shape index (κ1) is 9.26. The van der Waals surface area contributed by atoms with Gasteiger partial charge in [0.25, 0.3) is 0 Å². The van der Waals surface area contributed by atoms with E-state index in [1.807, 2.05) is 19.3 Å². The summed E-state index contributed by atoms with van der Waals surface area (Å²) in [7, 11) is 0. The van der Waals surface area contributed by atoms with E-state index in [2.05, 4.69) is 18.9 Å². The van der Waals surface area contributed by atoms with Crippen LogP contribution in [0.5, 0.6) is 0 Å². The normalized spacial score (nSPS) is 13.8. The van der Waals surface area contributed by atoms with E-state index in [4.69, 9.17) is 5.11 Å². The summed E-state index contributed by atoms with van der Waals surface area (Å²) in [4.78, 5) is 0. The molecule has 0 aliphatic rings. The molecule has 0 fully saturated rings. The van der Waals surface area contributed by atoms with E-state index < -0.39 is 0 Å². The third kappa shape index (κ3) is 1.85. The van der Waals surface area contributed by atoms with Gasteiger partial charge in [0.05, 0.1) is 18.8 Å². The van der Waals surface area contributed by atoms with Crippen molar-refractivity contribution < 1.29 is 5.11 Å². The third-order valence-electron chi connectivity index (χ3n) is 2.00. The van der Waals surface area contributed by atoms with Crippen molar-refractivity contribution in [3.63, 3.8) is 0 Å². The first-order valence-electron chi connectivity index (χ1n) is 4.30. The van der Waals surface area contributed by atoms with Gasteiger partial charge < -0.3 is 5.11 Å². The lowest BCUT2D eigenvalue weighted by molar-refractivity contribution is 0.229. The van der Waals surface area contributed by atoms with Gasteiger partial charge in [-0.05, 0) is 18.4 Å². The van der Waals surface area contributed by atoms with E-state index >= 15 is 0 Å². The molecule has 0 saturated carbocycles. The molecule has 1 aromatic heterocycles. The molecule has 1 atom stereocenters. The largest absolute Gasteiger partial charge is 0.394 e. The van der Waals surface area contributed by atoms with Crippen LogP contribution >= 0.6 is 0 Å². The summed E-state index contributed by atoms with van der Waals surface area (Å²) >= 11 is 0. The first-order chi connectivity index (χ1) is 5.65. The van der Waals surface area contributed by atoms with Crippen LogP contribution in [0.25, 0.3) is 0 Å². The van der Waals surface area contributed by atoms with Gasteiger partial charge in [0.2, 0.25) is 0 Å². The standard InChI is InChI=1S/C9H16N2O/c1-7(2)9-4-10-11(5-9)8(3)6-12/h4-5,7-8,12H,6H2,1-3H3. The molecule has 0 aliphatic heterocycles. The van der Waals surface area contributed by atoms with E-state index in [1.165, 1.54) is 5.56 Å². The Morgan fingerprint density at radius 1 is 1.50 bits per heavy atom. The SMILES string of the molecule is CC(C)c1cnn(C(C)CO)c1. The summed E-state index contributed by atoms with van der Waals surface area (Å²) in [5.41, 5.74) is 1.22. The quantitative estimate of drug-likeness (QED) is 0.743. The molecule has 12 heavy (non-hydrogen) atoms. The Balaban J connectivity index is 2.77. The molecule has 0 bridgehead atoms. The maximum Gasteiger partial charge on any atom is 0.0721 e. The highest BCUT2D eigenvalue weighted by Crippen LogP contribution is 2.14. The summed E-state index contributed by atoms with van der Waals surface area (Å²) < 4.78 is 1.80. The zero-order valence-electron chi connectivity index (χ0n) is 7.86. The van der Waals surface area contributed by atoms with E-state index in [0.29, 0.717) is 5.92 Å². The van der Waals surface area contributed by atoms with Gasteiger partial charge in [-0.15, -0.1) is 0 Å². The number of aromatic nitrogens is 2. The van der Waals surface area contributed by atoms with E-state index in [0.717, 1.165) is 0 Å². The van der Waals surface area contributed by atoms with Gasteiger partial charge in [0.1, 0.15) is 0 Å². The van der Waals surface area contributed by atoms with Gasteiger partial charge in [-0.1, -0.05) is 13.8 Å². The molecule has 0 radical (unpaired) electrons. The molecule has 0 aliphatic carbocycles. The number of hydrogen-bond donors (Lipinski definition) is 1. The van der Waals surface area contributed by atoms with Crippen LogP contribution in [-0.4, -0.2) is 21.5 Å². The Bertz CT molecular complexity index is 242. The van der Waals surface area contributed by atoms with Crippen molar-refractivity contribution in [2.45, 2.75) is 32.7 Å². The zero-order chi connectivity index (χ0) is 9.14. The smallest absolute Gasteiger partial charge is 0.0721 e. The highest BCUT2D eigenvalue weighted by molar-refractivity contribution is 5.09. The Kier molecular flexibility index (Phi) is 2.87. The molecular formula is C9H16N2O. The average Bonchev–Trinajstić information content (AvgIpc) is 2.51. The second-order valence-electron chi connectivity index (χ2n) is 3.44. The zero-order valence-corrected chi connectivity index (χ0v) is 7.86. The summed E-state index contributed by atoms with van der Waals surface area (Å²) in [5.74, 6) is 0.504. The van der Waals surface area contributed by atoms with Crippen molar-refractivity contribution in [3.05, 3.63) is 18.0 Å². The van der Waals surface area contributed by atoms with Crippen LogP contribution in [0, 0.1) is 0 Å². The molecule has 3 nitrogen and oxygen atoms in total. The molecule has 0 amide bonds. The van der Waals surface area contributed by atoms with Crippen LogP contribution in [0.15, 0.2) is 12.4 Å². The molecule has 68 valence electrons. The lowest BCUT2D eigenvalue weighted by atomic mass is 10.1. The minimum absolute atomic E-state index is 0.0810. The monoisotopic (exact) mass is 168 g/mol. The minimum atomic E-state index is 0.0810.